The van der Waals surface area contributed by atoms with Crippen LogP contribution in [0.25, 0.3) is 0 Å². The van der Waals surface area contributed by atoms with Crippen LogP contribution in [0.15, 0.2) is 24.3 Å². The summed E-state index contributed by atoms with van der Waals surface area (Å²) < 4.78 is 0. The van der Waals surface area contributed by atoms with Crippen molar-refractivity contribution in [2.45, 2.75) is 0 Å². The van der Waals surface area contributed by atoms with Crippen molar-refractivity contribution in [2.75, 3.05) is 12.4 Å². The Labute approximate surface area is 56.5 Å². The number of hydrogen-bond acceptors (Lipinski definition) is 1. The molecule has 0 aliphatic heterocycles. The first-order valence-electron chi connectivity index (χ1n) is 3.08. The minimum Gasteiger partial charge on any atom is -0.389 e. The Morgan fingerprint density at radius 2 is 2.00 bits per heavy atom. The molecule has 0 heterocycles. The van der Waals surface area contributed by atoms with E-state index in [0.717, 1.165) is 0 Å². The largest absolute Gasteiger partial charge is 0.389 e. The molecule has 0 fully saturated rings. The van der Waals surface area contributed by atoms with Gasteiger partial charge in [0.1, 0.15) is 7.85 Å². The average Bonchev–Trinajstić information content (AvgIpc) is 1.89. The van der Waals surface area contributed by atoms with Crippen LogP contribution < -0.4 is 10.8 Å². The second kappa shape index (κ2) is 2.58. The molecule has 1 aromatic carbocycles. The van der Waals surface area contributed by atoms with E-state index in [0.29, 0.717) is 0 Å². The van der Waals surface area contributed by atoms with Gasteiger partial charge >= 0.3 is 0 Å². The van der Waals surface area contributed by atoms with Crippen LogP contribution in [0.2, 0.25) is 0 Å². The summed E-state index contributed by atoms with van der Waals surface area (Å²) in [4.78, 5) is 0. The van der Waals surface area contributed by atoms with Crippen molar-refractivity contribution in [1.29, 1.82) is 0 Å². The first-order valence-corrected chi connectivity index (χ1v) is 3.08. The summed E-state index contributed by atoms with van der Waals surface area (Å²) in [5, 5.41) is 3.10. The predicted molar refractivity (Wildman–Crippen MR) is 44.2 cm³/mol. The molecule has 46 valence electrons. The van der Waals surface area contributed by atoms with Gasteiger partial charge in [-0.05, 0) is 6.07 Å². The Bertz CT molecular complexity index is 198. The van der Waals surface area contributed by atoms with Gasteiger partial charge in [-0.3, -0.25) is 0 Å². The molecule has 2 heteroatoms. The van der Waals surface area contributed by atoms with Gasteiger partial charge in [-0.1, -0.05) is 23.7 Å². The Hall–Kier alpha value is -0.915. The monoisotopic (exact) mass is 119 g/mol. The number of rotatable bonds is 1. The summed E-state index contributed by atoms with van der Waals surface area (Å²) in [6.45, 7) is 0. The lowest BCUT2D eigenvalue weighted by Gasteiger charge is -2.01. The zero-order valence-electron chi connectivity index (χ0n) is 5.81. The lowest BCUT2D eigenvalue weighted by atomic mass is 9.94. The SMILES string of the molecule is Bc1ccccc1NC. The average molecular weight is 119 g/mol. The first-order chi connectivity index (χ1) is 4.34. The Morgan fingerprint density at radius 3 is 2.44 bits per heavy atom. The van der Waals surface area contributed by atoms with Gasteiger partial charge in [-0.15, -0.1) is 0 Å². The summed E-state index contributed by atoms with van der Waals surface area (Å²) in [5.74, 6) is 0. The molecule has 0 aromatic heterocycles. The van der Waals surface area contributed by atoms with Crippen molar-refractivity contribution in [3.05, 3.63) is 24.3 Å². The van der Waals surface area contributed by atoms with Crippen LogP contribution in [-0.2, 0) is 0 Å². The molecular formula is C7H10BN. The minimum atomic E-state index is 1.21. The fourth-order valence-electron chi connectivity index (χ4n) is 0.853. The van der Waals surface area contributed by atoms with Crippen LogP contribution in [0.1, 0.15) is 0 Å². The van der Waals surface area contributed by atoms with E-state index in [1.54, 1.807) is 0 Å². The maximum atomic E-state index is 3.10. The molecule has 9 heavy (non-hydrogen) atoms. The quantitative estimate of drug-likeness (QED) is 0.512. The van der Waals surface area contributed by atoms with Crippen molar-refractivity contribution >= 4 is 19.0 Å². The first kappa shape index (κ1) is 6.21. The highest BCUT2D eigenvalue weighted by molar-refractivity contribution is 6.35. The molecule has 0 amide bonds. The van der Waals surface area contributed by atoms with Crippen LogP contribution in [0.4, 0.5) is 5.69 Å². The van der Waals surface area contributed by atoms with Gasteiger partial charge in [0.15, 0.2) is 0 Å². The maximum absolute atomic E-state index is 3.10. The Kier molecular flexibility index (Phi) is 1.78. The molecule has 0 spiro atoms. The van der Waals surface area contributed by atoms with Crippen molar-refractivity contribution in [2.24, 2.45) is 0 Å². The smallest absolute Gasteiger partial charge is 0.142 e. The molecule has 0 saturated heterocycles. The van der Waals surface area contributed by atoms with Crippen LogP contribution >= 0.6 is 0 Å². The van der Waals surface area contributed by atoms with Crippen molar-refractivity contribution < 1.29 is 0 Å². The Morgan fingerprint density at radius 1 is 1.33 bits per heavy atom. The molecular weight excluding hydrogens is 109 g/mol. The van der Waals surface area contributed by atoms with Crippen LogP contribution in [-0.4, -0.2) is 14.9 Å². The van der Waals surface area contributed by atoms with E-state index in [1.165, 1.54) is 11.2 Å². The van der Waals surface area contributed by atoms with Gasteiger partial charge in [0.25, 0.3) is 0 Å². The second-order valence-corrected chi connectivity index (χ2v) is 2.06. The van der Waals surface area contributed by atoms with E-state index < -0.39 is 0 Å². The molecule has 0 bridgehead atoms. The molecule has 1 aromatic rings. The van der Waals surface area contributed by atoms with Crippen LogP contribution in [0.3, 0.4) is 0 Å². The fourth-order valence-corrected chi connectivity index (χ4v) is 0.853. The van der Waals surface area contributed by atoms with E-state index in [2.05, 4.69) is 25.3 Å². The van der Waals surface area contributed by atoms with E-state index in [4.69, 9.17) is 0 Å². The predicted octanol–water partition coefficient (Wildman–Crippen LogP) is -0.0133. The van der Waals surface area contributed by atoms with E-state index in [1.807, 2.05) is 19.2 Å². The third-order valence-electron chi connectivity index (χ3n) is 1.41. The number of nitrogens with one attached hydrogen (secondary N) is 1. The zero-order chi connectivity index (χ0) is 6.69. The normalized spacial score (nSPS) is 9.00. The number of benzene rings is 1. The lowest BCUT2D eigenvalue weighted by molar-refractivity contribution is 1.54. The fraction of sp³-hybridized carbons (Fsp3) is 0.143. The molecule has 0 unspecified atom stereocenters. The van der Waals surface area contributed by atoms with Crippen LogP contribution in [0, 0.1) is 0 Å². The summed E-state index contributed by atoms with van der Waals surface area (Å²) in [5.41, 5.74) is 2.50. The van der Waals surface area contributed by atoms with Gasteiger partial charge in [0.05, 0.1) is 0 Å². The highest BCUT2D eigenvalue weighted by Gasteiger charge is 1.88. The summed E-state index contributed by atoms with van der Waals surface area (Å²) in [6, 6.07) is 8.22. The highest BCUT2D eigenvalue weighted by Crippen LogP contribution is 1.97. The molecule has 1 N–H and O–H groups in total. The molecule has 0 saturated carbocycles. The van der Waals surface area contributed by atoms with E-state index in [-0.39, 0.29) is 0 Å². The van der Waals surface area contributed by atoms with Crippen molar-refractivity contribution in [3.8, 4) is 0 Å². The van der Waals surface area contributed by atoms with E-state index >= 15 is 0 Å². The van der Waals surface area contributed by atoms with Gasteiger partial charge < -0.3 is 5.32 Å². The van der Waals surface area contributed by atoms with Crippen LogP contribution in [0.5, 0.6) is 0 Å². The van der Waals surface area contributed by atoms with E-state index in [9.17, 15) is 0 Å². The van der Waals surface area contributed by atoms with Crippen molar-refractivity contribution in [1.82, 2.24) is 0 Å². The lowest BCUT2D eigenvalue weighted by Crippen LogP contribution is -2.07. The molecule has 0 atom stereocenters. The standard InChI is InChI=1S/C7H10BN/c1-9-7-5-3-2-4-6(7)8/h2-5,9H,8H2,1H3. The molecule has 0 aliphatic carbocycles. The summed E-state index contributed by atoms with van der Waals surface area (Å²) >= 11 is 0. The number of para-hydroxylation sites is 1. The molecule has 1 nitrogen and oxygen atoms in total. The highest BCUT2D eigenvalue weighted by atomic mass is 14.8. The zero-order valence-corrected chi connectivity index (χ0v) is 5.81. The Balaban J connectivity index is 3.01. The maximum Gasteiger partial charge on any atom is 0.142 e. The number of hydrogen-bond donors (Lipinski definition) is 1. The topological polar surface area (TPSA) is 12.0 Å². The molecule has 1 rings (SSSR count). The number of anilines is 1. The van der Waals surface area contributed by atoms with Gasteiger partial charge in [0.2, 0.25) is 0 Å². The third-order valence-corrected chi connectivity index (χ3v) is 1.41. The molecule has 0 aliphatic rings. The second-order valence-electron chi connectivity index (χ2n) is 2.06. The van der Waals surface area contributed by atoms with Gasteiger partial charge in [-0.2, -0.15) is 0 Å². The molecule has 0 radical (unpaired) electrons. The van der Waals surface area contributed by atoms with Gasteiger partial charge in [-0.25, -0.2) is 0 Å². The van der Waals surface area contributed by atoms with Gasteiger partial charge in [0, 0.05) is 12.7 Å². The minimum absolute atomic E-state index is 1.21. The summed E-state index contributed by atoms with van der Waals surface area (Å²) in [7, 11) is 4.02. The van der Waals surface area contributed by atoms with Crippen molar-refractivity contribution in [3.63, 3.8) is 0 Å². The third kappa shape index (κ3) is 1.25. The summed E-state index contributed by atoms with van der Waals surface area (Å²) in [6.07, 6.45) is 0.